The minimum absolute atomic E-state index is 0.144. The largest absolute Gasteiger partial charge is 0.444 e. The highest BCUT2D eigenvalue weighted by molar-refractivity contribution is 6.28. The highest BCUT2D eigenvalue weighted by atomic mass is 35.5. The molecule has 0 aliphatic heterocycles. The summed E-state index contributed by atoms with van der Waals surface area (Å²) in [7, 11) is 0. The second kappa shape index (κ2) is 11.7. The van der Waals surface area contributed by atoms with Gasteiger partial charge in [-0.3, -0.25) is 0 Å². The fourth-order valence-corrected chi connectivity index (χ4v) is 2.21. The maximum absolute atomic E-state index is 11.5. The molecule has 148 valence electrons. The standard InChI is InChI=1S/C17H31ClN6O2/c1-5-6-7-8-10-19-14-22-13(18)23-15(24-14)20-11-9-12-21-16(25)26-17(2,3)4/h5-12H2,1-4H3,(H,21,25)(H2,19,20,22,23,24). The highest BCUT2D eigenvalue weighted by Gasteiger charge is 2.15. The van der Waals surface area contributed by atoms with Crippen LogP contribution in [0.5, 0.6) is 0 Å². The maximum Gasteiger partial charge on any atom is 0.407 e. The van der Waals surface area contributed by atoms with Crippen LogP contribution in [0.2, 0.25) is 5.28 Å². The van der Waals surface area contributed by atoms with Gasteiger partial charge in [-0.1, -0.05) is 26.2 Å². The number of ether oxygens (including phenoxy) is 1. The summed E-state index contributed by atoms with van der Waals surface area (Å²) in [6, 6.07) is 0. The first-order chi connectivity index (χ1) is 12.3. The van der Waals surface area contributed by atoms with E-state index in [0.717, 1.165) is 13.0 Å². The maximum atomic E-state index is 11.5. The van der Waals surface area contributed by atoms with E-state index >= 15 is 0 Å². The smallest absolute Gasteiger partial charge is 0.407 e. The van der Waals surface area contributed by atoms with Gasteiger partial charge in [-0.15, -0.1) is 0 Å². The molecule has 8 nitrogen and oxygen atoms in total. The zero-order chi connectivity index (χ0) is 19.4. The van der Waals surface area contributed by atoms with E-state index in [0.29, 0.717) is 31.4 Å². The number of aromatic nitrogens is 3. The van der Waals surface area contributed by atoms with Gasteiger partial charge in [0.15, 0.2) is 0 Å². The van der Waals surface area contributed by atoms with Gasteiger partial charge in [-0.25, -0.2) is 4.79 Å². The number of amides is 1. The van der Waals surface area contributed by atoms with E-state index in [1.165, 1.54) is 19.3 Å². The van der Waals surface area contributed by atoms with E-state index in [2.05, 4.69) is 37.8 Å². The SMILES string of the molecule is CCCCCCNc1nc(Cl)nc(NCCCNC(=O)OC(C)(C)C)n1. The Labute approximate surface area is 160 Å². The Balaban J connectivity index is 2.28. The quantitative estimate of drug-likeness (QED) is 0.496. The lowest BCUT2D eigenvalue weighted by molar-refractivity contribution is 0.0528. The van der Waals surface area contributed by atoms with E-state index in [4.69, 9.17) is 16.3 Å². The zero-order valence-corrected chi connectivity index (χ0v) is 16.9. The van der Waals surface area contributed by atoms with Crippen LogP contribution in [-0.2, 0) is 4.74 Å². The van der Waals surface area contributed by atoms with Crippen LogP contribution in [0.25, 0.3) is 0 Å². The van der Waals surface area contributed by atoms with Crippen molar-refractivity contribution in [3.05, 3.63) is 5.28 Å². The topological polar surface area (TPSA) is 101 Å². The molecule has 0 aliphatic carbocycles. The molecule has 0 radical (unpaired) electrons. The second-order valence-electron chi connectivity index (χ2n) is 6.95. The van der Waals surface area contributed by atoms with Crippen molar-refractivity contribution < 1.29 is 9.53 Å². The van der Waals surface area contributed by atoms with Gasteiger partial charge in [-0.2, -0.15) is 15.0 Å². The highest BCUT2D eigenvalue weighted by Crippen LogP contribution is 2.10. The number of nitrogens with one attached hydrogen (secondary N) is 3. The number of carbonyl (C=O) groups excluding carboxylic acids is 1. The summed E-state index contributed by atoms with van der Waals surface area (Å²) >= 11 is 5.94. The van der Waals surface area contributed by atoms with Gasteiger partial charge >= 0.3 is 6.09 Å². The van der Waals surface area contributed by atoms with Crippen molar-refractivity contribution in [1.82, 2.24) is 20.3 Å². The number of carbonyl (C=O) groups is 1. The molecule has 0 aromatic carbocycles. The van der Waals surface area contributed by atoms with Crippen molar-refractivity contribution in [3.8, 4) is 0 Å². The Bertz CT molecular complexity index is 551. The van der Waals surface area contributed by atoms with Crippen molar-refractivity contribution in [2.45, 2.75) is 65.4 Å². The molecule has 0 bridgehead atoms. The van der Waals surface area contributed by atoms with Crippen molar-refractivity contribution >= 4 is 29.6 Å². The molecule has 0 atom stereocenters. The van der Waals surface area contributed by atoms with Crippen LogP contribution in [-0.4, -0.2) is 46.3 Å². The van der Waals surface area contributed by atoms with Gasteiger partial charge in [0.25, 0.3) is 0 Å². The molecular weight excluding hydrogens is 356 g/mol. The summed E-state index contributed by atoms with van der Waals surface area (Å²) in [4.78, 5) is 24.0. The number of rotatable bonds is 11. The monoisotopic (exact) mass is 386 g/mol. The lowest BCUT2D eigenvalue weighted by Gasteiger charge is -2.19. The van der Waals surface area contributed by atoms with E-state index < -0.39 is 11.7 Å². The molecule has 0 aliphatic rings. The third-order valence-corrected chi connectivity index (χ3v) is 3.40. The van der Waals surface area contributed by atoms with Gasteiger partial charge in [0.1, 0.15) is 5.60 Å². The first-order valence-corrected chi connectivity index (χ1v) is 9.54. The van der Waals surface area contributed by atoms with Crippen molar-refractivity contribution in [1.29, 1.82) is 0 Å². The first-order valence-electron chi connectivity index (χ1n) is 9.16. The molecule has 0 saturated heterocycles. The van der Waals surface area contributed by atoms with Crippen molar-refractivity contribution in [2.24, 2.45) is 0 Å². The molecular formula is C17H31ClN6O2. The Morgan fingerprint density at radius 2 is 1.58 bits per heavy atom. The van der Waals surface area contributed by atoms with Crippen molar-refractivity contribution in [3.63, 3.8) is 0 Å². The number of hydrogen-bond donors (Lipinski definition) is 3. The van der Waals surface area contributed by atoms with Crippen LogP contribution in [0.4, 0.5) is 16.7 Å². The van der Waals surface area contributed by atoms with Gasteiger partial charge < -0.3 is 20.7 Å². The molecule has 0 spiro atoms. The summed E-state index contributed by atoms with van der Waals surface area (Å²) in [5.41, 5.74) is -0.496. The van der Waals surface area contributed by atoms with Crippen LogP contribution in [0, 0.1) is 0 Å². The summed E-state index contributed by atoms with van der Waals surface area (Å²) in [5, 5.41) is 9.09. The van der Waals surface area contributed by atoms with Crippen molar-refractivity contribution in [2.75, 3.05) is 30.3 Å². The Hall–Kier alpha value is -1.83. The molecule has 9 heteroatoms. The predicted octanol–water partition coefficient (Wildman–Crippen LogP) is 3.84. The molecule has 1 aromatic heterocycles. The molecule has 3 N–H and O–H groups in total. The fraction of sp³-hybridized carbons (Fsp3) is 0.765. The molecule has 1 heterocycles. The lowest BCUT2D eigenvalue weighted by atomic mass is 10.2. The lowest BCUT2D eigenvalue weighted by Crippen LogP contribution is -2.33. The summed E-state index contributed by atoms with van der Waals surface area (Å²) < 4.78 is 5.17. The summed E-state index contributed by atoms with van der Waals surface area (Å²) in [6.07, 6.45) is 4.95. The average molecular weight is 387 g/mol. The van der Waals surface area contributed by atoms with E-state index in [1.807, 2.05) is 20.8 Å². The number of unbranched alkanes of at least 4 members (excludes halogenated alkanes) is 3. The van der Waals surface area contributed by atoms with E-state index in [9.17, 15) is 4.79 Å². The van der Waals surface area contributed by atoms with Gasteiger partial charge in [-0.05, 0) is 45.2 Å². The van der Waals surface area contributed by atoms with Crippen LogP contribution in [0.1, 0.15) is 59.8 Å². The van der Waals surface area contributed by atoms with Crippen LogP contribution in [0.3, 0.4) is 0 Å². The van der Waals surface area contributed by atoms with Crippen LogP contribution >= 0.6 is 11.6 Å². The molecule has 1 aromatic rings. The number of nitrogens with zero attached hydrogens (tertiary/aromatic N) is 3. The second-order valence-corrected chi connectivity index (χ2v) is 7.29. The van der Waals surface area contributed by atoms with E-state index in [-0.39, 0.29) is 5.28 Å². The number of halogens is 1. The summed E-state index contributed by atoms with van der Waals surface area (Å²) in [5.74, 6) is 0.884. The van der Waals surface area contributed by atoms with Gasteiger partial charge in [0.2, 0.25) is 17.2 Å². The molecule has 1 rings (SSSR count). The predicted molar refractivity (Wildman–Crippen MR) is 105 cm³/mol. The average Bonchev–Trinajstić information content (AvgIpc) is 2.52. The number of hydrogen-bond acceptors (Lipinski definition) is 7. The number of alkyl carbamates (subject to hydrolysis) is 1. The third kappa shape index (κ3) is 10.9. The normalized spacial score (nSPS) is 11.1. The Morgan fingerprint density at radius 3 is 2.15 bits per heavy atom. The Kier molecular flexibility index (Phi) is 10.0. The van der Waals surface area contributed by atoms with Gasteiger partial charge in [0.05, 0.1) is 0 Å². The molecule has 0 unspecified atom stereocenters. The Morgan fingerprint density at radius 1 is 0.962 bits per heavy atom. The first kappa shape index (κ1) is 22.2. The number of anilines is 2. The van der Waals surface area contributed by atoms with Crippen LogP contribution in [0.15, 0.2) is 0 Å². The fourth-order valence-electron chi connectivity index (χ4n) is 2.05. The van der Waals surface area contributed by atoms with Crippen LogP contribution < -0.4 is 16.0 Å². The molecule has 0 fully saturated rings. The third-order valence-electron chi connectivity index (χ3n) is 3.23. The molecule has 26 heavy (non-hydrogen) atoms. The summed E-state index contributed by atoms with van der Waals surface area (Å²) in [6.45, 7) is 9.55. The zero-order valence-electron chi connectivity index (χ0n) is 16.2. The molecule has 0 saturated carbocycles. The minimum atomic E-state index is -0.496. The van der Waals surface area contributed by atoms with Gasteiger partial charge in [0, 0.05) is 19.6 Å². The molecule has 1 amide bonds. The van der Waals surface area contributed by atoms with E-state index in [1.54, 1.807) is 0 Å². The minimum Gasteiger partial charge on any atom is -0.444 e.